The van der Waals surface area contributed by atoms with Gasteiger partial charge in [0.15, 0.2) is 0 Å². The Labute approximate surface area is 194 Å². The van der Waals surface area contributed by atoms with Gasteiger partial charge in [0.2, 0.25) is 0 Å². The third-order valence-electron chi connectivity index (χ3n) is 5.43. The van der Waals surface area contributed by atoms with E-state index in [2.05, 4.69) is 85.6 Å². The van der Waals surface area contributed by atoms with Gasteiger partial charge < -0.3 is 0 Å². The van der Waals surface area contributed by atoms with Crippen molar-refractivity contribution in [2.24, 2.45) is 0 Å². The van der Waals surface area contributed by atoms with Crippen LogP contribution in [-0.2, 0) is 19.3 Å². The first-order chi connectivity index (χ1) is 14.7. The minimum Gasteiger partial charge on any atom is -0.103 e. The highest BCUT2D eigenvalue weighted by molar-refractivity contribution is 5.61. The lowest BCUT2D eigenvalue weighted by Crippen LogP contribution is -2.04. The van der Waals surface area contributed by atoms with Gasteiger partial charge in [-0.3, -0.25) is 0 Å². The zero-order valence-corrected chi connectivity index (χ0v) is 21.7. The molecule has 172 valence electrons. The lowest BCUT2D eigenvalue weighted by molar-refractivity contribution is 0.715. The molecule has 0 atom stereocenters. The third-order valence-corrected chi connectivity index (χ3v) is 5.43. The summed E-state index contributed by atoms with van der Waals surface area (Å²) < 4.78 is 0. The molecule has 0 heteroatoms. The molecule has 0 radical (unpaired) electrons. The Morgan fingerprint density at radius 3 is 2.16 bits per heavy atom. The summed E-state index contributed by atoms with van der Waals surface area (Å²) in [6, 6.07) is 2.44. The number of hydrogen-bond donors (Lipinski definition) is 0. The van der Waals surface area contributed by atoms with Crippen LogP contribution in [0.4, 0.5) is 0 Å². The number of unbranched alkanes of at least 4 members (excludes halogenated alkanes) is 2. The fraction of sp³-hybridized carbons (Fsp3) is 0.484. The van der Waals surface area contributed by atoms with E-state index >= 15 is 0 Å². The summed E-state index contributed by atoms with van der Waals surface area (Å²) in [5.74, 6) is 0. The van der Waals surface area contributed by atoms with Crippen molar-refractivity contribution in [3.8, 4) is 0 Å². The predicted molar refractivity (Wildman–Crippen MR) is 145 cm³/mol. The molecule has 0 spiro atoms. The van der Waals surface area contributed by atoms with Gasteiger partial charge in [0, 0.05) is 0 Å². The number of benzene rings is 1. The predicted octanol–water partition coefficient (Wildman–Crippen LogP) is 9.92. The van der Waals surface area contributed by atoms with Crippen LogP contribution < -0.4 is 0 Å². The van der Waals surface area contributed by atoms with Crippen molar-refractivity contribution in [3.63, 3.8) is 0 Å². The Kier molecular flexibility index (Phi) is 15.5. The maximum atomic E-state index is 4.18. The molecule has 0 aromatic heterocycles. The first kappa shape index (κ1) is 28.9. The van der Waals surface area contributed by atoms with Crippen LogP contribution in [0.5, 0.6) is 0 Å². The molecule has 0 saturated heterocycles. The third kappa shape index (κ3) is 11.8. The highest BCUT2D eigenvalue weighted by atomic mass is 14.2. The van der Waals surface area contributed by atoms with Crippen molar-refractivity contribution in [3.05, 3.63) is 88.6 Å². The van der Waals surface area contributed by atoms with E-state index in [4.69, 9.17) is 0 Å². The summed E-state index contributed by atoms with van der Waals surface area (Å²) in [5.41, 5.74) is 11.3. The van der Waals surface area contributed by atoms with Crippen LogP contribution >= 0.6 is 0 Å². The van der Waals surface area contributed by atoms with Crippen molar-refractivity contribution in [1.82, 2.24) is 0 Å². The summed E-state index contributed by atoms with van der Waals surface area (Å²) in [6.07, 6.45) is 17.8. The van der Waals surface area contributed by atoms with E-state index in [1.54, 1.807) is 6.08 Å². The maximum absolute atomic E-state index is 4.18. The first-order valence-corrected chi connectivity index (χ1v) is 12.0. The van der Waals surface area contributed by atoms with Gasteiger partial charge >= 0.3 is 0 Å². The van der Waals surface area contributed by atoms with Gasteiger partial charge in [-0.25, -0.2) is 0 Å². The Balaban J connectivity index is 0.00000282. The van der Waals surface area contributed by atoms with E-state index in [1.165, 1.54) is 63.8 Å². The molecule has 0 unspecified atom stereocenters. The van der Waals surface area contributed by atoms with Crippen LogP contribution in [0.15, 0.2) is 60.8 Å². The van der Waals surface area contributed by atoms with E-state index < -0.39 is 0 Å². The summed E-state index contributed by atoms with van der Waals surface area (Å²) in [7, 11) is 0. The van der Waals surface area contributed by atoms with Crippen LogP contribution in [0.1, 0.15) is 101 Å². The lowest BCUT2D eigenvalue weighted by atomic mass is 9.86. The van der Waals surface area contributed by atoms with Crippen molar-refractivity contribution in [1.29, 1.82) is 0 Å². The molecule has 0 heterocycles. The molecule has 0 aliphatic carbocycles. The van der Waals surface area contributed by atoms with Crippen molar-refractivity contribution < 1.29 is 0 Å². The molecule has 0 aliphatic heterocycles. The quantitative estimate of drug-likeness (QED) is 0.233. The maximum Gasteiger partial charge on any atom is -0.00695 e. The molecular formula is C31H48. The Morgan fingerprint density at radius 1 is 1.00 bits per heavy atom. The highest BCUT2D eigenvalue weighted by Gasteiger charge is 2.13. The summed E-state index contributed by atoms with van der Waals surface area (Å²) in [5, 5.41) is 0. The average molecular weight is 421 g/mol. The van der Waals surface area contributed by atoms with Crippen molar-refractivity contribution in [2.75, 3.05) is 0 Å². The average Bonchev–Trinajstić information content (AvgIpc) is 2.68. The lowest BCUT2D eigenvalue weighted by Gasteiger charge is -2.19. The molecular weight excluding hydrogens is 372 g/mol. The van der Waals surface area contributed by atoms with E-state index in [1.807, 2.05) is 6.92 Å². The molecule has 0 amide bonds. The van der Waals surface area contributed by atoms with Crippen LogP contribution in [0, 0.1) is 6.92 Å². The Morgan fingerprint density at radius 2 is 1.65 bits per heavy atom. The minimum absolute atomic E-state index is 0.971. The highest BCUT2D eigenvalue weighted by Crippen LogP contribution is 2.28. The SMILES string of the molecule is C=CC.C=Cc1c(CCCCC)cc(CC(=C)C)c(C/C=C(\C)CCC=C(C)C)c1C. The molecule has 0 fully saturated rings. The largest absolute Gasteiger partial charge is 0.103 e. The number of rotatable bonds is 12. The second kappa shape index (κ2) is 16.6. The number of hydrogen-bond acceptors (Lipinski definition) is 0. The zero-order valence-electron chi connectivity index (χ0n) is 21.7. The van der Waals surface area contributed by atoms with Crippen molar-refractivity contribution in [2.45, 2.75) is 99.8 Å². The molecule has 0 N–H and O–H groups in total. The standard InChI is InChI=1S/C28H42.C3H6/c1-9-11-12-16-25-20-26(19-22(5)6)28(24(8)27(25)10-2)18-17-23(7)15-13-14-21(3)4;1-3-2/h10,14,17,20H,2,5,9,11-13,15-16,18-19H2,1,3-4,6-8H3;3H,1H2,2H3/b23-17+;. The van der Waals surface area contributed by atoms with Gasteiger partial charge in [-0.05, 0) is 108 Å². The van der Waals surface area contributed by atoms with Gasteiger partial charge in [0.05, 0.1) is 0 Å². The topological polar surface area (TPSA) is 0 Å². The zero-order chi connectivity index (χ0) is 23.8. The second-order valence-corrected chi connectivity index (χ2v) is 8.99. The van der Waals surface area contributed by atoms with E-state index in [-0.39, 0.29) is 0 Å². The molecule has 0 bridgehead atoms. The molecule has 1 rings (SSSR count). The van der Waals surface area contributed by atoms with Gasteiger partial charge in [0.25, 0.3) is 0 Å². The van der Waals surface area contributed by atoms with Crippen LogP contribution in [-0.4, -0.2) is 0 Å². The summed E-state index contributed by atoms with van der Waals surface area (Å²) in [6.45, 7) is 26.8. The van der Waals surface area contributed by atoms with E-state index in [0.717, 1.165) is 32.1 Å². The van der Waals surface area contributed by atoms with E-state index in [0.29, 0.717) is 0 Å². The fourth-order valence-corrected chi connectivity index (χ4v) is 3.81. The molecule has 1 aromatic carbocycles. The normalized spacial score (nSPS) is 10.7. The van der Waals surface area contributed by atoms with E-state index in [9.17, 15) is 0 Å². The minimum atomic E-state index is 0.971. The first-order valence-electron chi connectivity index (χ1n) is 12.0. The molecule has 0 nitrogen and oxygen atoms in total. The molecule has 0 saturated carbocycles. The van der Waals surface area contributed by atoms with Crippen LogP contribution in [0.3, 0.4) is 0 Å². The monoisotopic (exact) mass is 420 g/mol. The van der Waals surface area contributed by atoms with Gasteiger partial charge in [0.1, 0.15) is 0 Å². The van der Waals surface area contributed by atoms with Crippen molar-refractivity contribution >= 4 is 6.08 Å². The van der Waals surface area contributed by atoms with Gasteiger partial charge in [-0.15, -0.1) is 6.58 Å². The van der Waals surface area contributed by atoms with Gasteiger partial charge in [-0.1, -0.05) is 80.0 Å². The van der Waals surface area contributed by atoms with Crippen LogP contribution in [0.25, 0.3) is 6.08 Å². The summed E-state index contributed by atoms with van der Waals surface area (Å²) in [4.78, 5) is 0. The smallest absolute Gasteiger partial charge is 0.00695 e. The van der Waals surface area contributed by atoms with Crippen LogP contribution in [0.2, 0.25) is 0 Å². The van der Waals surface area contributed by atoms with Gasteiger partial charge in [-0.2, -0.15) is 0 Å². The number of allylic oxidation sites excluding steroid dienone is 6. The number of aryl methyl sites for hydroxylation is 1. The Bertz CT molecular complexity index is 764. The molecule has 1 aromatic rings. The summed E-state index contributed by atoms with van der Waals surface area (Å²) >= 11 is 0. The fourth-order valence-electron chi connectivity index (χ4n) is 3.81. The Hall–Kier alpha value is -2.08. The molecule has 0 aliphatic rings. The second-order valence-electron chi connectivity index (χ2n) is 8.99. The molecule has 31 heavy (non-hydrogen) atoms.